The van der Waals surface area contributed by atoms with Gasteiger partial charge in [-0.25, -0.2) is 0 Å². The van der Waals surface area contributed by atoms with Gasteiger partial charge in [0.25, 0.3) is 0 Å². The molecule has 0 radical (unpaired) electrons. The van der Waals surface area contributed by atoms with Gasteiger partial charge in [0, 0.05) is 19.3 Å². The molecule has 0 aromatic carbocycles. The first-order valence-corrected chi connectivity index (χ1v) is 26.5. The maximum absolute atomic E-state index is 12.8. The molecule has 0 bridgehead atoms. The predicted molar refractivity (Wildman–Crippen MR) is 270 cm³/mol. The molecule has 0 rings (SSSR count). The minimum absolute atomic E-state index is 0.0846. The second-order valence-corrected chi connectivity index (χ2v) is 17.5. The Kier molecular flexibility index (Phi) is 48.9. The molecule has 0 aromatic heterocycles. The molecule has 0 aliphatic carbocycles. The Bertz CT molecular complexity index is 1190. The molecule has 0 aliphatic rings. The minimum atomic E-state index is -0.786. The molecule has 0 spiro atoms. The maximum atomic E-state index is 12.8. The van der Waals surface area contributed by atoms with E-state index in [0.717, 1.165) is 83.5 Å². The number of hydrogen-bond donors (Lipinski definition) is 0. The lowest BCUT2D eigenvalue weighted by Gasteiger charge is -2.18. The van der Waals surface area contributed by atoms with Crippen molar-refractivity contribution in [1.82, 2.24) is 0 Å². The third-order valence-electron chi connectivity index (χ3n) is 11.3. The maximum Gasteiger partial charge on any atom is 0.306 e. The molecule has 0 fully saturated rings. The van der Waals surface area contributed by atoms with Gasteiger partial charge < -0.3 is 14.2 Å². The van der Waals surface area contributed by atoms with Gasteiger partial charge in [-0.2, -0.15) is 0 Å². The van der Waals surface area contributed by atoms with Crippen LogP contribution in [0.3, 0.4) is 0 Å². The molecule has 6 nitrogen and oxygen atoms in total. The normalized spacial score (nSPS) is 12.6. The van der Waals surface area contributed by atoms with E-state index in [1.807, 2.05) is 18.2 Å². The lowest BCUT2D eigenvalue weighted by atomic mass is 10.1. The zero-order chi connectivity index (χ0) is 45.8. The van der Waals surface area contributed by atoms with Crippen molar-refractivity contribution >= 4 is 17.9 Å². The lowest BCUT2D eigenvalue weighted by molar-refractivity contribution is -0.167. The summed E-state index contributed by atoms with van der Waals surface area (Å²) in [6.07, 6.45) is 64.5. The van der Waals surface area contributed by atoms with Gasteiger partial charge in [0.05, 0.1) is 0 Å². The van der Waals surface area contributed by atoms with Gasteiger partial charge in [0.2, 0.25) is 0 Å². The fourth-order valence-electron chi connectivity index (χ4n) is 7.33. The molecular weight excluding hydrogens is 781 g/mol. The average molecular weight is 879 g/mol. The van der Waals surface area contributed by atoms with E-state index < -0.39 is 6.10 Å². The van der Waals surface area contributed by atoms with Crippen LogP contribution in [0.25, 0.3) is 0 Å². The van der Waals surface area contributed by atoms with Crippen LogP contribution in [-0.4, -0.2) is 37.2 Å². The summed E-state index contributed by atoms with van der Waals surface area (Å²) in [4.78, 5) is 38.0. The van der Waals surface area contributed by atoms with Gasteiger partial charge in [-0.1, -0.05) is 241 Å². The highest BCUT2D eigenvalue weighted by Crippen LogP contribution is 2.15. The summed E-state index contributed by atoms with van der Waals surface area (Å²) in [7, 11) is 0. The Morgan fingerprint density at radius 1 is 0.333 bits per heavy atom. The first kappa shape index (κ1) is 59.9. The van der Waals surface area contributed by atoms with Gasteiger partial charge in [0.15, 0.2) is 6.10 Å². The zero-order valence-corrected chi connectivity index (χ0v) is 41.3. The highest BCUT2D eigenvalue weighted by Gasteiger charge is 2.19. The molecule has 63 heavy (non-hydrogen) atoms. The standard InChI is InChI=1S/C57H98O6/c1-4-7-10-13-16-19-22-24-26-27-28-29-31-32-35-38-41-44-47-50-56(59)62-53-54(52-61-55(58)49-46-43-40-37-34-21-18-15-12-9-6-3)63-57(60)51-48-45-42-39-36-33-30-25-23-20-17-14-11-8-5-2/h8,11,14,16-17,19-20,22-25,30,54H,4-7,9-10,12-13,15,18,21,26-29,31-53H2,1-3H3/b11-8-,17-14-,19-16-,23-20-,24-22-,30-25-. The van der Waals surface area contributed by atoms with Crippen molar-refractivity contribution in [1.29, 1.82) is 0 Å². The van der Waals surface area contributed by atoms with E-state index in [0.29, 0.717) is 19.3 Å². The summed E-state index contributed by atoms with van der Waals surface area (Å²) < 4.78 is 16.8. The molecule has 0 aromatic rings. The van der Waals surface area contributed by atoms with Crippen molar-refractivity contribution in [2.24, 2.45) is 0 Å². The van der Waals surface area contributed by atoms with Crippen LogP contribution in [0, 0.1) is 0 Å². The van der Waals surface area contributed by atoms with Gasteiger partial charge >= 0.3 is 17.9 Å². The number of allylic oxidation sites excluding steroid dienone is 12. The van der Waals surface area contributed by atoms with Gasteiger partial charge in [0.1, 0.15) is 13.2 Å². The first-order chi connectivity index (χ1) is 31.0. The number of unbranched alkanes of at least 4 members (excludes halogenated alkanes) is 28. The first-order valence-electron chi connectivity index (χ1n) is 26.5. The largest absolute Gasteiger partial charge is 0.462 e. The third kappa shape index (κ3) is 49.7. The molecule has 0 aliphatic heterocycles. The second kappa shape index (κ2) is 51.5. The fourth-order valence-corrected chi connectivity index (χ4v) is 7.33. The average Bonchev–Trinajstić information content (AvgIpc) is 3.28. The van der Waals surface area contributed by atoms with Crippen LogP contribution in [0.1, 0.15) is 252 Å². The van der Waals surface area contributed by atoms with Crippen LogP contribution in [0.4, 0.5) is 0 Å². The number of carbonyl (C=O) groups is 3. The third-order valence-corrected chi connectivity index (χ3v) is 11.3. The van der Waals surface area contributed by atoms with Crippen LogP contribution in [-0.2, 0) is 28.6 Å². The highest BCUT2D eigenvalue weighted by atomic mass is 16.6. The number of carbonyl (C=O) groups excluding carboxylic acids is 3. The SMILES string of the molecule is CC\C=C/C=C\C=C/C=C\CCCCCCCC(=O)OC(COC(=O)CCCCCCCCCCCCC)COC(=O)CCCCCCCCCCCC/C=C\C=C/CCCCC. The Labute approximate surface area is 389 Å². The van der Waals surface area contributed by atoms with Gasteiger partial charge in [-0.05, 0) is 64.2 Å². The van der Waals surface area contributed by atoms with Crippen molar-refractivity contribution in [3.8, 4) is 0 Å². The minimum Gasteiger partial charge on any atom is -0.462 e. The molecule has 6 heteroatoms. The van der Waals surface area contributed by atoms with Gasteiger partial charge in [-0.15, -0.1) is 0 Å². The van der Waals surface area contributed by atoms with Crippen LogP contribution >= 0.6 is 0 Å². The molecule has 1 atom stereocenters. The van der Waals surface area contributed by atoms with Crippen LogP contribution in [0.5, 0.6) is 0 Å². The van der Waals surface area contributed by atoms with Crippen molar-refractivity contribution in [2.45, 2.75) is 258 Å². The van der Waals surface area contributed by atoms with Crippen LogP contribution in [0.2, 0.25) is 0 Å². The summed E-state index contributed by atoms with van der Waals surface area (Å²) in [5.74, 6) is -0.908. The smallest absolute Gasteiger partial charge is 0.306 e. The van der Waals surface area contributed by atoms with E-state index in [1.165, 1.54) is 128 Å². The molecule has 0 amide bonds. The monoisotopic (exact) mass is 879 g/mol. The van der Waals surface area contributed by atoms with Crippen molar-refractivity contribution in [2.75, 3.05) is 13.2 Å². The summed E-state index contributed by atoms with van der Waals surface area (Å²) in [6, 6.07) is 0. The molecule has 0 saturated heterocycles. The Morgan fingerprint density at radius 3 is 1.02 bits per heavy atom. The summed E-state index contributed by atoms with van der Waals surface area (Å²) in [5, 5.41) is 0. The van der Waals surface area contributed by atoms with E-state index in [2.05, 4.69) is 75.5 Å². The Balaban J connectivity index is 4.37. The fraction of sp³-hybridized carbons (Fsp3) is 0.737. The topological polar surface area (TPSA) is 78.9 Å². The molecular formula is C57H98O6. The molecule has 0 saturated carbocycles. The van der Waals surface area contributed by atoms with Crippen molar-refractivity contribution in [3.63, 3.8) is 0 Å². The quantitative estimate of drug-likeness (QED) is 0.0262. The second-order valence-electron chi connectivity index (χ2n) is 17.5. The zero-order valence-electron chi connectivity index (χ0n) is 41.3. The summed E-state index contributed by atoms with van der Waals surface area (Å²) in [6.45, 7) is 6.45. The highest BCUT2D eigenvalue weighted by molar-refractivity contribution is 5.71. The molecule has 1 unspecified atom stereocenters. The van der Waals surface area contributed by atoms with E-state index >= 15 is 0 Å². The van der Waals surface area contributed by atoms with Crippen LogP contribution in [0.15, 0.2) is 72.9 Å². The molecule has 0 heterocycles. The number of esters is 3. The van der Waals surface area contributed by atoms with E-state index in [-0.39, 0.29) is 31.1 Å². The van der Waals surface area contributed by atoms with Crippen molar-refractivity contribution in [3.05, 3.63) is 72.9 Å². The number of rotatable bonds is 47. The predicted octanol–water partition coefficient (Wildman–Crippen LogP) is 17.4. The molecule has 0 N–H and O–H groups in total. The van der Waals surface area contributed by atoms with E-state index in [1.54, 1.807) is 0 Å². The van der Waals surface area contributed by atoms with Crippen LogP contribution < -0.4 is 0 Å². The van der Waals surface area contributed by atoms with E-state index in [9.17, 15) is 14.4 Å². The van der Waals surface area contributed by atoms with Gasteiger partial charge in [-0.3, -0.25) is 14.4 Å². The Hall–Kier alpha value is -3.15. The number of ether oxygens (including phenoxy) is 3. The summed E-state index contributed by atoms with van der Waals surface area (Å²) >= 11 is 0. The molecule has 362 valence electrons. The summed E-state index contributed by atoms with van der Waals surface area (Å²) in [5.41, 5.74) is 0. The number of hydrogen-bond acceptors (Lipinski definition) is 6. The van der Waals surface area contributed by atoms with Crippen molar-refractivity contribution < 1.29 is 28.6 Å². The Morgan fingerprint density at radius 2 is 0.619 bits per heavy atom. The lowest BCUT2D eigenvalue weighted by Crippen LogP contribution is -2.30. The van der Waals surface area contributed by atoms with E-state index in [4.69, 9.17) is 14.2 Å².